The van der Waals surface area contributed by atoms with E-state index in [2.05, 4.69) is 29.2 Å². The minimum atomic E-state index is -0.362. The quantitative estimate of drug-likeness (QED) is 0.773. The maximum absolute atomic E-state index is 9.47. The third-order valence-corrected chi connectivity index (χ3v) is 2.45. The molecule has 1 unspecified atom stereocenters. The van der Waals surface area contributed by atoms with Gasteiger partial charge in [-0.25, -0.2) is 9.67 Å². The predicted molar refractivity (Wildman–Crippen MR) is 63.3 cm³/mol. The summed E-state index contributed by atoms with van der Waals surface area (Å²) in [5, 5.41) is 17.1. The third-order valence-electron chi connectivity index (χ3n) is 2.45. The molecule has 0 bridgehead atoms. The molecule has 1 heterocycles. The molecule has 1 rings (SSSR count). The SMILES string of the molecule is Cc1nc(C)n(CC(C)(CO)NC(C)C)n1. The molecule has 0 spiro atoms. The molecule has 0 fully saturated rings. The van der Waals surface area contributed by atoms with Gasteiger partial charge in [0.25, 0.3) is 0 Å². The van der Waals surface area contributed by atoms with E-state index in [0.717, 1.165) is 11.6 Å². The van der Waals surface area contributed by atoms with Crippen LogP contribution >= 0.6 is 0 Å². The van der Waals surface area contributed by atoms with Gasteiger partial charge < -0.3 is 10.4 Å². The van der Waals surface area contributed by atoms with E-state index in [4.69, 9.17) is 0 Å². The van der Waals surface area contributed by atoms with Crippen molar-refractivity contribution < 1.29 is 5.11 Å². The Kier molecular flexibility index (Phi) is 4.04. The van der Waals surface area contributed by atoms with Gasteiger partial charge in [-0.05, 0) is 20.8 Å². The molecule has 1 aromatic heterocycles. The lowest BCUT2D eigenvalue weighted by atomic mass is 10.0. The van der Waals surface area contributed by atoms with E-state index in [1.165, 1.54) is 0 Å². The number of aliphatic hydroxyl groups is 1. The van der Waals surface area contributed by atoms with E-state index in [1.807, 2.05) is 25.5 Å². The number of aryl methyl sites for hydroxylation is 2. The monoisotopic (exact) mass is 226 g/mol. The number of nitrogens with one attached hydrogen (secondary N) is 1. The Hall–Kier alpha value is -0.940. The molecule has 92 valence electrons. The molecule has 0 saturated carbocycles. The standard InChI is InChI=1S/C11H22N4O/c1-8(2)13-11(5,7-16)6-15-10(4)12-9(3)14-15/h8,13,16H,6-7H2,1-5H3. The largest absolute Gasteiger partial charge is 0.394 e. The van der Waals surface area contributed by atoms with Gasteiger partial charge >= 0.3 is 0 Å². The molecule has 0 aromatic carbocycles. The molecule has 0 aliphatic carbocycles. The number of nitrogens with zero attached hydrogens (tertiary/aromatic N) is 3. The number of aromatic nitrogens is 3. The molecule has 0 amide bonds. The van der Waals surface area contributed by atoms with Gasteiger partial charge in [-0.3, -0.25) is 0 Å². The van der Waals surface area contributed by atoms with Crippen molar-refractivity contribution in [1.29, 1.82) is 0 Å². The zero-order valence-corrected chi connectivity index (χ0v) is 10.8. The first kappa shape index (κ1) is 13.1. The Labute approximate surface area is 96.9 Å². The van der Waals surface area contributed by atoms with E-state index in [-0.39, 0.29) is 12.1 Å². The van der Waals surface area contributed by atoms with Crippen molar-refractivity contribution in [3.63, 3.8) is 0 Å². The summed E-state index contributed by atoms with van der Waals surface area (Å²) in [6.45, 7) is 10.6. The van der Waals surface area contributed by atoms with Gasteiger partial charge in [0, 0.05) is 6.04 Å². The Morgan fingerprint density at radius 3 is 2.44 bits per heavy atom. The molecule has 16 heavy (non-hydrogen) atoms. The van der Waals surface area contributed by atoms with Crippen LogP contribution in [0.2, 0.25) is 0 Å². The summed E-state index contributed by atoms with van der Waals surface area (Å²) < 4.78 is 1.83. The minimum absolute atomic E-state index is 0.0729. The summed E-state index contributed by atoms with van der Waals surface area (Å²) in [4.78, 5) is 4.25. The van der Waals surface area contributed by atoms with Crippen molar-refractivity contribution in [2.45, 2.75) is 52.7 Å². The van der Waals surface area contributed by atoms with Crippen molar-refractivity contribution in [3.8, 4) is 0 Å². The minimum Gasteiger partial charge on any atom is -0.394 e. The Bertz CT molecular complexity index is 348. The van der Waals surface area contributed by atoms with Crippen LogP contribution in [0, 0.1) is 13.8 Å². The van der Waals surface area contributed by atoms with Crippen molar-refractivity contribution in [3.05, 3.63) is 11.6 Å². The number of hydrogen-bond donors (Lipinski definition) is 2. The molecule has 1 aromatic rings. The smallest absolute Gasteiger partial charge is 0.147 e. The number of rotatable bonds is 5. The lowest BCUT2D eigenvalue weighted by Crippen LogP contribution is -2.52. The Morgan fingerprint density at radius 2 is 2.06 bits per heavy atom. The van der Waals surface area contributed by atoms with Crippen LogP contribution in [-0.4, -0.2) is 38.1 Å². The lowest BCUT2D eigenvalue weighted by molar-refractivity contribution is 0.143. The van der Waals surface area contributed by atoms with E-state index in [9.17, 15) is 5.11 Å². The molecule has 0 aliphatic rings. The molecule has 0 aliphatic heterocycles. The molecular formula is C11H22N4O. The lowest BCUT2D eigenvalue weighted by Gasteiger charge is -2.31. The van der Waals surface area contributed by atoms with Crippen LogP contribution in [0.15, 0.2) is 0 Å². The molecule has 1 atom stereocenters. The highest BCUT2D eigenvalue weighted by Crippen LogP contribution is 2.09. The van der Waals surface area contributed by atoms with Gasteiger partial charge in [0.2, 0.25) is 0 Å². The van der Waals surface area contributed by atoms with Crippen LogP contribution in [0.25, 0.3) is 0 Å². The molecule has 5 nitrogen and oxygen atoms in total. The molecule has 5 heteroatoms. The highest BCUT2D eigenvalue weighted by Gasteiger charge is 2.25. The molecular weight excluding hydrogens is 204 g/mol. The van der Waals surface area contributed by atoms with E-state index in [1.54, 1.807) is 0 Å². The van der Waals surface area contributed by atoms with Crippen molar-refractivity contribution >= 4 is 0 Å². The normalized spacial score (nSPS) is 15.4. The summed E-state index contributed by atoms with van der Waals surface area (Å²) in [5.74, 6) is 1.64. The van der Waals surface area contributed by atoms with Crippen LogP contribution in [0.1, 0.15) is 32.4 Å². The maximum atomic E-state index is 9.47. The first-order chi connectivity index (χ1) is 7.36. The first-order valence-electron chi connectivity index (χ1n) is 5.63. The topological polar surface area (TPSA) is 63.0 Å². The van der Waals surface area contributed by atoms with Gasteiger partial charge in [0.1, 0.15) is 11.6 Å². The second-order valence-electron chi connectivity index (χ2n) is 4.88. The zero-order valence-electron chi connectivity index (χ0n) is 10.8. The van der Waals surface area contributed by atoms with E-state index >= 15 is 0 Å². The summed E-state index contributed by atoms with van der Waals surface area (Å²) in [6, 6.07) is 0.321. The second-order valence-corrected chi connectivity index (χ2v) is 4.88. The fourth-order valence-corrected chi connectivity index (χ4v) is 1.88. The first-order valence-corrected chi connectivity index (χ1v) is 5.63. The van der Waals surface area contributed by atoms with Crippen molar-refractivity contribution in [2.24, 2.45) is 0 Å². The maximum Gasteiger partial charge on any atom is 0.147 e. The number of hydrogen-bond acceptors (Lipinski definition) is 4. The van der Waals surface area contributed by atoms with Gasteiger partial charge in [0.05, 0.1) is 18.7 Å². The van der Waals surface area contributed by atoms with Gasteiger partial charge in [-0.2, -0.15) is 5.10 Å². The van der Waals surface area contributed by atoms with Gasteiger partial charge in [0.15, 0.2) is 0 Å². The fraction of sp³-hybridized carbons (Fsp3) is 0.818. The highest BCUT2D eigenvalue weighted by molar-refractivity contribution is 4.92. The zero-order chi connectivity index (χ0) is 12.3. The van der Waals surface area contributed by atoms with Gasteiger partial charge in [-0.15, -0.1) is 0 Å². The van der Waals surface area contributed by atoms with Crippen LogP contribution in [-0.2, 0) is 6.54 Å². The van der Waals surface area contributed by atoms with Crippen LogP contribution in [0.3, 0.4) is 0 Å². The summed E-state index contributed by atoms with van der Waals surface area (Å²) in [5.41, 5.74) is -0.362. The predicted octanol–water partition coefficient (Wildman–Crippen LogP) is 0.644. The molecule has 0 saturated heterocycles. The van der Waals surface area contributed by atoms with E-state index < -0.39 is 0 Å². The Morgan fingerprint density at radius 1 is 1.44 bits per heavy atom. The second kappa shape index (κ2) is 4.93. The summed E-state index contributed by atoms with van der Waals surface area (Å²) >= 11 is 0. The van der Waals surface area contributed by atoms with Crippen LogP contribution < -0.4 is 5.32 Å². The fourth-order valence-electron chi connectivity index (χ4n) is 1.88. The van der Waals surface area contributed by atoms with Crippen LogP contribution in [0.4, 0.5) is 0 Å². The van der Waals surface area contributed by atoms with E-state index in [0.29, 0.717) is 12.6 Å². The Balaban J connectivity index is 2.80. The van der Waals surface area contributed by atoms with Crippen LogP contribution in [0.5, 0.6) is 0 Å². The van der Waals surface area contributed by atoms with Crippen molar-refractivity contribution in [1.82, 2.24) is 20.1 Å². The average Bonchev–Trinajstić information content (AvgIpc) is 2.43. The summed E-state index contributed by atoms with van der Waals surface area (Å²) in [7, 11) is 0. The molecule has 0 radical (unpaired) electrons. The number of aliphatic hydroxyl groups excluding tert-OH is 1. The third kappa shape index (κ3) is 3.28. The summed E-state index contributed by atoms with van der Waals surface area (Å²) in [6.07, 6.45) is 0. The highest BCUT2D eigenvalue weighted by atomic mass is 16.3. The van der Waals surface area contributed by atoms with Gasteiger partial charge in [-0.1, -0.05) is 13.8 Å². The average molecular weight is 226 g/mol. The molecule has 2 N–H and O–H groups in total. The van der Waals surface area contributed by atoms with Crippen molar-refractivity contribution in [2.75, 3.05) is 6.61 Å².